The van der Waals surface area contributed by atoms with Gasteiger partial charge in [0.2, 0.25) is 5.13 Å². The summed E-state index contributed by atoms with van der Waals surface area (Å²) in [6.07, 6.45) is -0.630. The van der Waals surface area contributed by atoms with Crippen molar-refractivity contribution in [2.24, 2.45) is 0 Å². The van der Waals surface area contributed by atoms with Gasteiger partial charge in [-0.15, -0.1) is 10.2 Å². The predicted molar refractivity (Wildman–Crippen MR) is 79.4 cm³/mol. The van der Waals surface area contributed by atoms with Gasteiger partial charge in [-0.25, -0.2) is 4.39 Å². The van der Waals surface area contributed by atoms with E-state index >= 15 is 0 Å². The van der Waals surface area contributed by atoms with Gasteiger partial charge >= 0.3 is 0 Å². The van der Waals surface area contributed by atoms with Gasteiger partial charge in [0, 0.05) is 23.7 Å². The first kappa shape index (κ1) is 15.3. The monoisotopic (exact) mass is 361 g/mol. The van der Waals surface area contributed by atoms with Crippen molar-refractivity contribution in [3.63, 3.8) is 0 Å². The van der Waals surface area contributed by atoms with E-state index in [-0.39, 0.29) is 12.4 Å². The van der Waals surface area contributed by atoms with Crippen LogP contribution < -0.4 is 5.32 Å². The molecule has 1 heterocycles. The number of ether oxygens (including phenoxy) is 1. The lowest BCUT2D eigenvalue weighted by Crippen LogP contribution is -2.24. The molecule has 0 aliphatic carbocycles. The number of aromatic nitrogens is 2. The standard InChI is InChI=1S/C12H13BrFN3O2S/c1-19-6-8(18)5-15-12-17-16-11(20-12)9-4-7(13)2-3-10(9)14/h2-4,8,18H,5-6H2,1H3,(H,15,17). The van der Waals surface area contributed by atoms with Crippen LogP contribution in [0, 0.1) is 5.82 Å². The normalized spacial score (nSPS) is 12.4. The van der Waals surface area contributed by atoms with E-state index in [4.69, 9.17) is 4.74 Å². The second-order valence-corrected chi connectivity index (χ2v) is 5.92. The van der Waals surface area contributed by atoms with Crippen LogP contribution >= 0.6 is 27.3 Å². The van der Waals surface area contributed by atoms with Crippen LogP contribution in [-0.2, 0) is 4.74 Å². The van der Waals surface area contributed by atoms with Crippen LogP contribution in [0.4, 0.5) is 9.52 Å². The van der Waals surface area contributed by atoms with Crippen molar-refractivity contribution in [2.75, 3.05) is 25.6 Å². The maximum absolute atomic E-state index is 13.7. The average molecular weight is 362 g/mol. The molecule has 0 aliphatic rings. The first-order valence-electron chi connectivity index (χ1n) is 5.80. The van der Waals surface area contributed by atoms with Crippen molar-refractivity contribution < 1.29 is 14.2 Å². The Morgan fingerprint density at radius 2 is 2.30 bits per heavy atom. The van der Waals surface area contributed by atoms with Gasteiger partial charge in [0.1, 0.15) is 5.82 Å². The summed E-state index contributed by atoms with van der Waals surface area (Å²) in [7, 11) is 1.52. The summed E-state index contributed by atoms with van der Waals surface area (Å²) in [4.78, 5) is 0. The van der Waals surface area contributed by atoms with E-state index in [1.165, 1.54) is 24.5 Å². The molecule has 1 unspecified atom stereocenters. The Bertz CT molecular complexity index is 582. The summed E-state index contributed by atoms with van der Waals surface area (Å²) < 4.78 is 19.3. The molecule has 0 saturated carbocycles. The molecule has 8 heteroatoms. The van der Waals surface area contributed by atoms with Crippen molar-refractivity contribution in [3.8, 4) is 10.6 Å². The molecule has 5 nitrogen and oxygen atoms in total. The van der Waals surface area contributed by atoms with Crippen LogP contribution in [0.25, 0.3) is 10.6 Å². The van der Waals surface area contributed by atoms with Crippen LogP contribution in [0.5, 0.6) is 0 Å². The van der Waals surface area contributed by atoms with Crippen molar-refractivity contribution in [1.82, 2.24) is 10.2 Å². The topological polar surface area (TPSA) is 67.3 Å². The van der Waals surface area contributed by atoms with E-state index in [9.17, 15) is 9.50 Å². The summed E-state index contributed by atoms with van der Waals surface area (Å²) in [6, 6.07) is 4.65. The van der Waals surface area contributed by atoms with E-state index in [1.54, 1.807) is 12.1 Å². The zero-order valence-corrected chi connectivity index (χ0v) is 13.0. The lowest BCUT2D eigenvalue weighted by molar-refractivity contribution is 0.0727. The molecule has 0 radical (unpaired) electrons. The highest BCUT2D eigenvalue weighted by Gasteiger charge is 2.12. The van der Waals surface area contributed by atoms with Crippen molar-refractivity contribution >= 4 is 32.4 Å². The zero-order chi connectivity index (χ0) is 14.5. The Kier molecular flexibility index (Phi) is 5.41. The third-order valence-corrected chi connectivity index (χ3v) is 3.84. The quantitative estimate of drug-likeness (QED) is 0.827. The van der Waals surface area contributed by atoms with Crippen LogP contribution in [0.1, 0.15) is 0 Å². The first-order valence-corrected chi connectivity index (χ1v) is 7.41. The van der Waals surface area contributed by atoms with E-state index in [2.05, 4.69) is 31.4 Å². The number of nitrogens with one attached hydrogen (secondary N) is 1. The maximum Gasteiger partial charge on any atom is 0.206 e. The SMILES string of the molecule is COCC(O)CNc1nnc(-c2cc(Br)ccc2F)s1. The van der Waals surface area contributed by atoms with Gasteiger partial charge in [0.25, 0.3) is 0 Å². The second-order valence-electron chi connectivity index (χ2n) is 4.03. The molecule has 0 amide bonds. The number of methoxy groups -OCH3 is 1. The Labute approximate surface area is 127 Å². The molecule has 0 spiro atoms. The van der Waals surface area contributed by atoms with E-state index in [0.29, 0.717) is 22.2 Å². The molecule has 2 N–H and O–H groups in total. The summed E-state index contributed by atoms with van der Waals surface area (Å²) in [6.45, 7) is 0.530. The number of aliphatic hydroxyl groups excluding tert-OH is 1. The smallest absolute Gasteiger partial charge is 0.206 e. The highest BCUT2D eigenvalue weighted by atomic mass is 79.9. The van der Waals surface area contributed by atoms with Crippen molar-refractivity contribution in [3.05, 3.63) is 28.5 Å². The molecule has 2 aromatic rings. The molecule has 0 saturated heterocycles. The molecule has 0 bridgehead atoms. The molecule has 1 atom stereocenters. The maximum atomic E-state index is 13.7. The molecular formula is C12H13BrFN3O2S. The van der Waals surface area contributed by atoms with Gasteiger partial charge in [-0.3, -0.25) is 0 Å². The number of benzene rings is 1. The fourth-order valence-electron chi connectivity index (χ4n) is 1.52. The van der Waals surface area contributed by atoms with Crippen molar-refractivity contribution in [2.45, 2.75) is 6.10 Å². The number of aliphatic hydroxyl groups is 1. The average Bonchev–Trinajstić information content (AvgIpc) is 2.88. The van der Waals surface area contributed by atoms with Gasteiger partial charge < -0.3 is 15.2 Å². The van der Waals surface area contributed by atoms with Gasteiger partial charge in [-0.2, -0.15) is 0 Å². The fraction of sp³-hybridized carbons (Fsp3) is 0.333. The number of rotatable bonds is 6. The van der Waals surface area contributed by atoms with Gasteiger partial charge in [-0.05, 0) is 18.2 Å². The molecule has 0 fully saturated rings. The number of hydrogen-bond donors (Lipinski definition) is 2. The summed E-state index contributed by atoms with van der Waals surface area (Å²) in [5.41, 5.74) is 0.391. The third kappa shape index (κ3) is 3.95. The minimum atomic E-state index is -0.630. The Morgan fingerprint density at radius 1 is 1.50 bits per heavy atom. The minimum Gasteiger partial charge on any atom is -0.389 e. The lowest BCUT2D eigenvalue weighted by Gasteiger charge is -2.08. The number of hydrogen-bond acceptors (Lipinski definition) is 6. The molecule has 108 valence electrons. The summed E-state index contributed by atoms with van der Waals surface area (Å²) in [5, 5.41) is 21.3. The lowest BCUT2D eigenvalue weighted by atomic mass is 10.2. The van der Waals surface area contributed by atoms with Crippen LogP contribution in [0.3, 0.4) is 0 Å². The first-order chi connectivity index (χ1) is 9.60. The molecule has 0 aliphatic heterocycles. The predicted octanol–water partition coefficient (Wildman–Crippen LogP) is 2.53. The van der Waals surface area contributed by atoms with Crippen LogP contribution in [0.2, 0.25) is 0 Å². The van der Waals surface area contributed by atoms with Crippen LogP contribution in [0.15, 0.2) is 22.7 Å². The Hall–Kier alpha value is -1.09. The van der Waals surface area contributed by atoms with E-state index in [0.717, 1.165) is 4.47 Å². The molecule has 20 heavy (non-hydrogen) atoms. The van der Waals surface area contributed by atoms with Crippen molar-refractivity contribution in [1.29, 1.82) is 0 Å². The number of nitrogens with zero attached hydrogens (tertiary/aromatic N) is 2. The number of halogens is 2. The minimum absolute atomic E-state index is 0.235. The molecule has 2 rings (SSSR count). The zero-order valence-electron chi connectivity index (χ0n) is 10.6. The molecule has 1 aromatic heterocycles. The Morgan fingerprint density at radius 3 is 3.05 bits per heavy atom. The van der Waals surface area contributed by atoms with Crippen LogP contribution in [-0.4, -0.2) is 41.7 Å². The van der Waals surface area contributed by atoms with Gasteiger partial charge in [0.15, 0.2) is 5.01 Å². The molecular weight excluding hydrogens is 349 g/mol. The second kappa shape index (κ2) is 7.07. The number of anilines is 1. The molecule has 1 aromatic carbocycles. The highest BCUT2D eigenvalue weighted by molar-refractivity contribution is 9.10. The summed E-state index contributed by atoms with van der Waals surface area (Å²) in [5.74, 6) is -0.352. The van der Waals surface area contributed by atoms with Gasteiger partial charge in [-0.1, -0.05) is 27.3 Å². The van der Waals surface area contributed by atoms with E-state index in [1.807, 2.05) is 0 Å². The third-order valence-electron chi connectivity index (χ3n) is 2.43. The highest BCUT2D eigenvalue weighted by Crippen LogP contribution is 2.30. The fourth-order valence-corrected chi connectivity index (χ4v) is 2.65. The van der Waals surface area contributed by atoms with Gasteiger partial charge in [0.05, 0.1) is 12.7 Å². The Balaban J connectivity index is 2.07. The summed E-state index contributed by atoms with van der Waals surface area (Å²) >= 11 is 4.52. The largest absolute Gasteiger partial charge is 0.389 e. The van der Waals surface area contributed by atoms with E-state index < -0.39 is 6.10 Å².